The van der Waals surface area contributed by atoms with E-state index in [1.165, 1.54) is 205 Å². The largest absolute Gasteiger partial charge is 0.462 e. The summed E-state index contributed by atoms with van der Waals surface area (Å²) in [7, 11) is 0. The molecule has 0 N–H and O–H groups in total. The summed E-state index contributed by atoms with van der Waals surface area (Å²) in [5.41, 5.74) is 0. The van der Waals surface area contributed by atoms with Gasteiger partial charge in [-0.25, -0.2) is 0 Å². The first-order valence-corrected chi connectivity index (χ1v) is 27.2. The Hall–Kier alpha value is -1.85. The number of unbranched alkanes of at least 4 members (excludes halogenated alkanes) is 37. The standard InChI is InChI=1S/C55H104O6/c1-4-7-10-13-16-18-20-22-24-26-28-30-31-33-35-37-39-42-45-48-54(57)60-51-52(50-59-53(56)47-44-41-15-12-9-6-3)61-55(58)49-46-43-40-38-36-34-32-29-27-25-23-21-19-17-14-11-8-5-2/h22,24,52H,4-21,23,25-51H2,1-3H3/b24-22-. The van der Waals surface area contributed by atoms with E-state index in [9.17, 15) is 14.4 Å². The van der Waals surface area contributed by atoms with Crippen LogP contribution in [0.4, 0.5) is 0 Å². The Morgan fingerprint density at radius 3 is 0.820 bits per heavy atom. The fourth-order valence-corrected chi connectivity index (χ4v) is 8.14. The molecule has 1 unspecified atom stereocenters. The van der Waals surface area contributed by atoms with Crippen LogP contribution in [-0.2, 0) is 28.6 Å². The summed E-state index contributed by atoms with van der Waals surface area (Å²) < 4.78 is 16.7. The van der Waals surface area contributed by atoms with E-state index >= 15 is 0 Å². The van der Waals surface area contributed by atoms with Gasteiger partial charge in [0, 0.05) is 19.3 Å². The van der Waals surface area contributed by atoms with Gasteiger partial charge in [-0.15, -0.1) is 0 Å². The molecule has 0 aliphatic rings. The summed E-state index contributed by atoms with van der Waals surface area (Å²) in [4.78, 5) is 37.8. The number of allylic oxidation sites excluding steroid dienone is 2. The second kappa shape index (κ2) is 50.8. The molecule has 0 saturated heterocycles. The van der Waals surface area contributed by atoms with Crippen LogP contribution in [0.1, 0.15) is 303 Å². The Morgan fingerprint density at radius 2 is 0.541 bits per heavy atom. The Labute approximate surface area is 380 Å². The Kier molecular flexibility index (Phi) is 49.3. The molecule has 0 bridgehead atoms. The highest BCUT2D eigenvalue weighted by Gasteiger charge is 2.19. The van der Waals surface area contributed by atoms with Crippen molar-refractivity contribution in [2.24, 2.45) is 0 Å². The van der Waals surface area contributed by atoms with Gasteiger partial charge in [0.15, 0.2) is 6.10 Å². The van der Waals surface area contributed by atoms with E-state index in [2.05, 4.69) is 32.9 Å². The minimum absolute atomic E-state index is 0.0666. The fraction of sp³-hybridized carbons (Fsp3) is 0.909. The summed E-state index contributed by atoms with van der Waals surface area (Å²) in [6.45, 7) is 6.62. The lowest BCUT2D eigenvalue weighted by Crippen LogP contribution is -2.30. The molecule has 0 radical (unpaired) electrons. The van der Waals surface area contributed by atoms with Crippen molar-refractivity contribution in [3.63, 3.8) is 0 Å². The first-order chi connectivity index (χ1) is 30.0. The van der Waals surface area contributed by atoms with Crippen LogP contribution in [0, 0.1) is 0 Å². The fourth-order valence-electron chi connectivity index (χ4n) is 8.14. The first kappa shape index (κ1) is 59.1. The quantitative estimate of drug-likeness (QED) is 0.0262. The highest BCUT2D eigenvalue weighted by molar-refractivity contribution is 5.71. The van der Waals surface area contributed by atoms with Crippen LogP contribution in [0.5, 0.6) is 0 Å². The van der Waals surface area contributed by atoms with Crippen LogP contribution >= 0.6 is 0 Å². The summed E-state index contributed by atoms with van der Waals surface area (Å²) in [5, 5.41) is 0. The third-order valence-electron chi connectivity index (χ3n) is 12.3. The lowest BCUT2D eigenvalue weighted by molar-refractivity contribution is -0.167. The first-order valence-electron chi connectivity index (χ1n) is 27.2. The van der Waals surface area contributed by atoms with Crippen LogP contribution in [0.3, 0.4) is 0 Å². The average molecular weight is 861 g/mol. The van der Waals surface area contributed by atoms with E-state index in [0.717, 1.165) is 57.8 Å². The smallest absolute Gasteiger partial charge is 0.306 e. The SMILES string of the molecule is CCCCCCCC/C=C\CCCCCCCCCCCC(=O)OCC(COC(=O)CCCCCCCC)OC(=O)CCCCCCCCCCCCCCCCCCCC. The second-order valence-electron chi connectivity index (χ2n) is 18.5. The Bertz CT molecular complexity index is 947. The highest BCUT2D eigenvalue weighted by atomic mass is 16.6. The molecule has 0 aliphatic heterocycles. The van der Waals surface area contributed by atoms with Crippen molar-refractivity contribution in [1.82, 2.24) is 0 Å². The molecule has 61 heavy (non-hydrogen) atoms. The molecular formula is C55H104O6. The normalized spacial score (nSPS) is 12.0. The van der Waals surface area contributed by atoms with Gasteiger partial charge in [0.1, 0.15) is 13.2 Å². The molecule has 0 saturated carbocycles. The van der Waals surface area contributed by atoms with Crippen molar-refractivity contribution >= 4 is 17.9 Å². The summed E-state index contributed by atoms with van der Waals surface area (Å²) >= 11 is 0. The van der Waals surface area contributed by atoms with Gasteiger partial charge in [-0.2, -0.15) is 0 Å². The molecule has 6 nitrogen and oxygen atoms in total. The van der Waals surface area contributed by atoms with Crippen LogP contribution in [0.2, 0.25) is 0 Å². The van der Waals surface area contributed by atoms with Crippen molar-refractivity contribution < 1.29 is 28.6 Å². The molecule has 0 spiro atoms. The molecule has 0 aromatic rings. The Morgan fingerprint density at radius 1 is 0.311 bits per heavy atom. The number of hydrogen-bond acceptors (Lipinski definition) is 6. The minimum Gasteiger partial charge on any atom is -0.462 e. The van der Waals surface area contributed by atoms with Crippen molar-refractivity contribution in [2.45, 2.75) is 309 Å². The molecule has 0 aromatic carbocycles. The second-order valence-corrected chi connectivity index (χ2v) is 18.5. The lowest BCUT2D eigenvalue weighted by atomic mass is 10.0. The van der Waals surface area contributed by atoms with Gasteiger partial charge in [-0.05, 0) is 44.9 Å². The molecule has 360 valence electrons. The van der Waals surface area contributed by atoms with Crippen LogP contribution in [0.25, 0.3) is 0 Å². The van der Waals surface area contributed by atoms with E-state index in [-0.39, 0.29) is 31.1 Å². The summed E-state index contributed by atoms with van der Waals surface area (Å²) in [6.07, 6.45) is 56.5. The maximum absolute atomic E-state index is 12.8. The molecule has 0 fully saturated rings. The van der Waals surface area contributed by atoms with Gasteiger partial charge in [0.2, 0.25) is 0 Å². The summed E-state index contributed by atoms with van der Waals surface area (Å²) in [6, 6.07) is 0. The molecular weight excluding hydrogens is 757 g/mol. The van der Waals surface area contributed by atoms with E-state index in [1.54, 1.807) is 0 Å². The van der Waals surface area contributed by atoms with Gasteiger partial charge in [0.25, 0.3) is 0 Å². The zero-order valence-corrected chi connectivity index (χ0v) is 41.2. The lowest BCUT2D eigenvalue weighted by Gasteiger charge is -2.18. The minimum atomic E-state index is -0.762. The molecule has 0 heterocycles. The van der Waals surface area contributed by atoms with Gasteiger partial charge in [0.05, 0.1) is 0 Å². The van der Waals surface area contributed by atoms with Gasteiger partial charge >= 0.3 is 17.9 Å². The predicted octanol–water partition coefficient (Wildman–Crippen LogP) is 17.8. The van der Waals surface area contributed by atoms with Crippen molar-refractivity contribution in [3.8, 4) is 0 Å². The maximum atomic E-state index is 12.8. The molecule has 0 amide bonds. The number of carbonyl (C=O) groups excluding carboxylic acids is 3. The van der Waals surface area contributed by atoms with Crippen LogP contribution < -0.4 is 0 Å². The van der Waals surface area contributed by atoms with E-state index in [1.807, 2.05) is 0 Å². The third-order valence-corrected chi connectivity index (χ3v) is 12.3. The van der Waals surface area contributed by atoms with Gasteiger partial charge in [-0.1, -0.05) is 251 Å². The monoisotopic (exact) mass is 861 g/mol. The van der Waals surface area contributed by atoms with Gasteiger partial charge < -0.3 is 14.2 Å². The predicted molar refractivity (Wildman–Crippen MR) is 261 cm³/mol. The number of ether oxygens (including phenoxy) is 3. The number of carbonyl (C=O) groups is 3. The molecule has 1 atom stereocenters. The van der Waals surface area contributed by atoms with Crippen molar-refractivity contribution in [2.75, 3.05) is 13.2 Å². The van der Waals surface area contributed by atoms with E-state index in [4.69, 9.17) is 14.2 Å². The molecule has 0 rings (SSSR count). The Balaban J connectivity index is 4.13. The number of hydrogen-bond donors (Lipinski definition) is 0. The average Bonchev–Trinajstić information content (AvgIpc) is 3.26. The van der Waals surface area contributed by atoms with Crippen molar-refractivity contribution in [3.05, 3.63) is 12.2 Å². The topological polar surface area (TPSA) is 78.9 Å². The molecule has 0 aromatic heterocycles. The number of rotatable bonds is 50. The zero-order valence-electron chi connectivity index (χ0n) is 41.2. The highest BCUT2D eigenvalue weighted by Crippen LogP contribution is 2.17. The van der Waals surface area contributed by atoms with Crippen LogP contribution in [-0.4, -0.2) is 37.2 Å². The van der Waals surface area contributed by atoms with E-state index < -0.39 is 6.10 Å². The van der Waals surface area contributed by atoms with Crippen molar-refractivity contribution in [1.29, 1.82) is 0 Å². The summed E-state index contributed by atoms with van der Waals surface area (Å²) in [5.74, 6) is -0.860. The van der Waals surface area contributed by atoms with Gasteiger partial charge in [-0.3, -0.25) is 14.4 Å². The van der Waals surface area contributed by atoms with Crippen LogP contribution in [0.15, 0.2) is 12.2 Å². The number of esters is 3. The molecule has 6 heteroatoms. The maximum Gasteiger partial charge on any atom is 0.306 e. The third kappa shape index (κ3) is 49.0. The zero-order chi connectivity index (χ0) is 44.4. The van der Waals surface area contributed by atoms with E-state index in [0.29, 0.717) is 19.3 Å². The molecule has 0 aliphatic carbocycles.